The van der Waals surface area contributed by atoms with Crippen molar-refractivity contribution in [3.63, 3.8) is 0 Å². The van der Waals surface area contributed by atoms with Crippen LogP contribution in [-0.4, -0.2) is 42.5 Å². The number of benzene rings is 1. The smallest absolute Gasteiger partial charge is 0.0237 e. The SMILES string of the molecule is CN1CC2CN(Cc3ccccc3)C(C3CC3)C2C1. The Hall–Kier alpha value is -0.860. The van der Waals surface area contributed by atoms with Crippen LogP contribution in [0.1, 0.15) is 18.4 Å². The Kier molecular flexibility index (Phi) is 2.89. The first kappa shape index (κ1) is 11.9. The van der Waals surface area contributed by atoms with Crippen molar-refractivity contribution >= 4 is 0 Å². The van der Waals surface area contributed by atoms with Crippen LogP contribution in [-0.2, 0) is 6.54 Å². The van der Waals surface area contributed by atoms with E-state index in [0.717, 1.165) is 23.8 Å². The van der Waals surface area contributed by atoms with E-state index in [1.165, 1.54) is 44.6 Å². The summed E-state index contributed by atoms with van der Waals surface area (Å²) in [5.41, 5.74) is 1.49. The molecule has 3 atom stereocenters. The van der Waals surface area contributed by atoms with Gasteiger partial charge in [0, 0.05) is 32.2 Å². The molecule has 3 fully saturated rings. The molecule has 1 aromatic rings. The molecule has 0 radical (unpaired) electrons. The fourth-order valence-corrected chi connectivity index (χ4v) is 4.47. The zero-order valence-electron chi connectivity index (χ0n) is 11.8. The zero-order chi connectivity index (χ0) is 12.8. The lowest BCUT2D eigenvalue weighted by atomic mass is 9.91. The van der Waals surface area contributed by atoms with Gasteiger partial charge in [-0.1, -0.05) is 30.3 Å². The van der Waals surface area contributed by atoms with Crippen molar-refractivity contribution in [2.24, 2.45) is 17.8 Å². The monoisotopic (exact) mass is 256 g/mol. The van der Waals surface area contributed by atoms with Gasteiger partial charge in [0.25, 0.3) is 0 Å². The highest BCUT2D eigenvalue weighted by molar-refractivity contribution is 5.16. The first-order valence-corrected chi connectivity index (χ1v) is 7.78. The molecule has 4 rings (SSSR count). The normalized spacial score (nSPS) is 35.7. The highest BCUT2D eigenvalue weighted by atomic mass is 15.3. The molecule has 1 aliphatic carbocycles. The van der Waals surface area contributed by atoms with E-state index in [4.69, 9.17) is 0 Å². The van der Waals surface area contributed by atoms with Crippen LogP contribution in [0.5, 0.6) is 0 Å². The van der Waals surface area contributed by atoms with Gasteiger partial charge >= 0.3 is 0 Å². The summed E-state index contributed by atoms with van der Waals surface area (Å²) < 4.78 is 0. The quantitative estimate of drug-likeness (QED) is 0.819. The standard InChI is InChI=1S/C17H24N2/c1-18-10-15-11-19(9-13-5-3-2-4-6-13)17(14-7-8-14)16(15)12-18/h2-6,14-17H,7-12H2,1H3. The van der Waals surface area contributed by atoms with E-state index in [1.54, 1.807) is 0 Å². The maximum Gasteiger partial charge on any atom is 0.0237 e. The summed E-state index contributed by atoms with van der Waals surface area (Å²) in [6.45, 7) is 5.14. The molecule has 1 saturated carbocycles. The first-order valence-electron chi connectivity index (χ1n) is 7.78. The zero-order valence-corrected chi connectivity index (χ0v) is 11.8. The first-order chi connectivity index (χ1) is 9.31. The molecule has 2 saturated heterocycles. The molecule has 2 heteroatoms. The number of hydrogen-bond donors (Lipinski definition) is 0. The molecule has 0 amide bonds. The fraction of sp³-hybridized carbons (Fsp3) is 0.647. The van der Waals surface area contributed by atoms with Crippen molar-refractivity contribution in [2.75, 3.05) is 26.7 Å². The van der Waals surface area contributed by atoms with Gasteiger partial charge in [-0.25, -0.2) is 0 Å². The molecule has 3 unspecified atom stereocenters. The predicted molar refractivity (Wildman–Crippen MR) is 77.8 cm³/mol. The van der Waals surface area contributed by atoms with E-state index >= 15 is 0 Å². The summed E-state index contributed by atoms with van der Waals surface area (Å²) in [6.07, 6.45) is 2.95. The van der Waals surface area contributed by atoms with Crippen LogP contribution in [0.4, 0.5) is 0 Å². The lowest BCUT2D eigenvalue weighted by Gasteiger charge is -2.29. The van der Waals surface area contributed by atoms with E-state index in [9.17, 15) is 0 Å². The predicted octanol–water partition coefficient (Wildman–Crippen LogP) is 2.46. The van der Waals surface area contributed by atoms with Crippen molar-refractivity contribution in [1.29, 1.82) is 0 Å². The van der Waals surface area contributed by atoms with Gasteiger partial charge < -0.3 is 4.90 Å². The second kappa shape index (κ2) is 4.60. The molecule has 0 bridgehead atoms. The lowest BCUT2D eigenvalue weighted by Crippen LogP contribution is -2.37. The third-order valence-electron chi connectivity index (χ3n) is 5.34. The summed E-state index contributed by atoms with van der Waals surface area (Å²) in [7, 11) is 2.30. The largest absolute Gasteiger partial charge is 0.306 e. The van der Waals surface area contributed by atoms with Gasteiger partial charge in [0.2, 0.25) is 0 Å². The topological polar surface area (TPSA) is 6.48 Å². The summed E-state index contributed by atoms with van der Waals surface area (Å²) in [6, 6.07) is 11.9. The van der Waals surface area contributed by atoms with Crippen LogP contribution in [0.25, 0.3) is 0 Å². The van der Waals surface area contributed by atoms with E-state index in [1.807, 2.05) is 0 Å². The maximum absolute atomic E-state index is 2.80. The number of likely N-dealkylation sites (tertiary alicyclic amines) is 2. The van der Waals surface area contributed by atoms with Crippen LogP contribution in [0.2, 0.25) is 0 Å². The van der Waals surface area contributed by atoms with Gasteiger partial charge in [-0.2, -0.15) is 0 Å². The maximum atomic E-state index is 2.80. The second-order valence-electron chi connectivity index (χ2n) is 6.89. The summed E-state index contributed by atoms with van der Waals surface area (Å²) in [5, 5.41) is 0. The molecule has 0 aromatic heterocycles. The van der Waals surface area contributed by atoms with Crippen molar-refractivity contribution < 1.29 is 0 Å². The number of rotatable bonds is 3. The molecule has 19 heavy (non-hydrogen) atoms. The Balaban J connectivity index is 1.52. The van der Waals surface area contributed by atoms with Crippen LogP contribution >= 0.6 is 0 Å². The molecular weight excluding hydrogens is 232 g/mol. The molecule has 2 nitrogen and oxygen atoms in total. The minimum Gasteiger partial charge on any atom is -0.306 e. The van der Waals surface area contributed by atoms with E-state index in [0.29, 0.717) is 0 Å². The minimum atomic E-state index is 0.871. The Bertz CT molecular complexity index is 440. The Morgan fingerprint density at radius 3 is 2.53 bits per heavy atom. The summed E-state index contributed by atoms with van der Waals surface area (Å²) in [5.74, 6) is 2.88. The van der Waals surface area contributed by atoms with E-state index < -0.39 is 0 Å². The van der Waals surface area contributed by atoms with Crippen LogP contribution in [0.3, 0.4) is 0 Å². The summed E-state index contributed by atoms with van der Waals surface area (Å²) >= 11 is 0. The molecule has 1 aromatic carbocycles. The van der Waals surface area contributed by atoms with E-state index in [-0.39, 0.29) is 0 Å². The van der Waals surface area contributed by atoms with Crippen molar-refractivity contribution in [3.8, 4) is 0 Å². The van der Waals surface area contributed by atoms with Crippen LogP contribution < -0.4 is 0 Å². The Morgan fingerprint density at radius 2 is 1.79 bits per heavy atom. The van der Waals surface area contributed by atoms with Crippen molar-refractivity contribution in [2.45, 2.75) is 25.4 Å². The third-order valence-corrected chi connectivity index (χ3v) is 5.34. The van der Waals surface area contributed by atoms with Crippen LogP contribution in [0, 0.1) is 17.8 Å². The fourth-order valence-electron chi connectivity index (χ4n) is 4.47. The number of hydrogen-bond acceptors (Lipinski definition) is 2. The van der Waals surface area contributed by atoms with Gasteiger partial charge in [0.15, 0.2) is 0 Å². The molecule has 2 heterocycles. The molecule has 0 spiro atoms. The highest BCUT2D eigenvalue weighted by Crippen LogP contribution is 2.47. The lowest BCUT2D eigenvalue weighted by molar-refractivity contribution is 0.177. The van der Waals surface area contributed by atoms with Crippen LogP contribution in [0.15, 0.2) is 30.3 Å². The number of fused-ring (bicyclic) bond motifs is 1. The average Bonchev–Trinajstić information content (AvgIpc) is 3.09. The average molecular weight is 256 g/mol. The number of nitrogens with zero attached hydrogens (tertiary/aromatic N) is 2. The van der Waals surface area contributed by atoms with Gasteiger partial charge in [-0.15, -0.1) is 0 Å². The highest BCUT2D eigenvalue weighted by Gasteiger charge is 2.51. The summed E-state index contributed by atoms with van der Waals surface area (Å²) in [4.78, 5) is 5.35. The van der Waals surface area contributed by atoms with E-state index in [2.05, 4.69) is 47.2 Å². The van der Waals surface area contributed by atoms with Gasteiger partial charge in [0.05, 0.1) is 0 Å². The van der Waals surface area contributed by atoms with Gasteiger partial charge in [-0.05, 0) is 43.2 Å². The Morgan fingerprint density at radius 1 is 1.00 bits per heavy atom. The molecule has 102 valence electrons. The van der Waals surface area contributed by atoms with Gasteiger partial charge in [0.1, 0.15) is 0 Å². The second-order valence-corrected chi connectivity index (χ2v) is 6.89. The minimum absolute atomic E-state index is 0.871. The van der Waals surface area contributed by atoms with Crippen molar-refractivity contribution in [1.82, 2.24) is 9.80 Å². The van der Waals surface area contributed by atoms with Crippen molar-refractivity contribution in [3.05, 3.63) is 35.9 Å². The molecule has 0 N–H and O–H groups in total. The molecular formula is C17H24N2. The van der Waals surface area contributed by atoms with Gasteiger partial charge in [-0.3, -0.25) is 4.90 Å². The molecule has 3 aliphatic rings. The Labute approximate surface area is 116 Å². The third kappa shape index (κ3) is 2.21. The molecule has 2 aliphatic heterocycles.